The zero-order valence-corrected chi connectivity index (χ0v) is 17.2. The number of carbonyl (C=O) groups excluding carboxylic acids is 2. The lowest BCUT2D eigenvalue weighted by atomic mass is 10.1. The number of carbonyl (C=O) groups is 2. The average Bonchev–Trinajstić information content (AvgIpc) is 2.97. The van der Waals surface area contributed by atoms with Crippen molar-refractivity contribution in [2.45, 2.75) is 38.7 Å². The first-order valence-corrected chi connectivity index (χ1v) is 11.0. The van der Waals surface area contributed by atoms with Gasteiger partial charge < -0.3 is 9.64 Å². The molecule has 0 aromatic heterocycles. The Morgan fingerprint density at radius 2 is 1.97 bits per heavy atom. The van der Waals surface area contributed by atoms with Crippen LogP contribution in [0.3, 0.4) is 0 Å². The van der Waals surface area contributed by atoms with E-state index in [1.165, 1.54) is 17.0 Å². The number of unbranched alkanes of at least 4 members (excludes halogenated alkanes) is 2. The van der Waals surface area contributed by atoms with Gasteiger partial charge >= 0.3 is 6.03 Å². The van der Waals surface area contributed by atoms with Crippen molar-refractivity contribution in [2.24, 2.45) is 0 Å². The van der Waals surface area contributed by atoms with E-state index in [9.17, 15) is 31.2 Å². The summed E-state index contributed by atoms with van der Waals surface area (Å²) in [5.74, 6) is -1.70. The van der Waals surface area contributed by atoms with E-state index >= 15 is 0 Å². The van der Waals surface area contributed by atoms with Crippen LogP contribution in [0.4, 0.5) is 18.0 Å². The first kappa shape index (κ1) is 23.9. The fourth-order valence-corrected chi connectivity index (χ4v) is 4.26. The smallest absolute Gasteiger partial charge is 0.324 e. The van der Waals surface area contributed by atoms with E-state index in [0.717, 1.165) is 6.07 Å². The van der Waals surface area contributed by atoms with Gasteiger partial charge in [-0.1, -0.05) is 12.5 Å². The molecule has 1 unspecified atom stereocenters. The van der Waals surface area contributed by atoms with Crippen molar-refractivity contribution in [1.82, 2.24) is 14.9 Å². The van der Waals surface area contributed by atoms with Crippen LogP contribution in [0.25, 0.3) is 0 Å². The molecule has 168 valence electrons. The molecular weight excluding hydrogens is 427 g/mol. The number of nitrogens with zero attached hydrogens (tertiary/aromatic N) is 1. The van der Waals surface area contributed by atoms with Crippen molar-refractivity contribution in [3.05, 3.63) is 29.6 Å². The monoisotopic (exact) mass is 451 g/mol. The minimum Gasteiger partial charge on any atom is -0.485 e. The second kappa shape index (κ2) is 10.6. The first-order chi connectivity index (χ1) is 14.1. The molecule has 30 heavy (non-hydrogen) atoms. The zero-order chi connectivity index (χ0) is 22.3. The van der Waals surface area contributed by atoms with Gasteiger partial charge in [0.15, 0.2) is 11.6 Å². The lowest BCUT2D eigenvalue weighted by molar-refractivity contribution is -0.118. The maximum absolute atomic E-state index is 13.7. The number of hydrogen-bond acceptors (Lipinski definition) is 5. The third-order valence-electron chi connectivity index (χ3n) is 4.39. The minimum atomic E-state index is -3.65. The molecule has 1 heterocycles. The molecule has 1 fully saturated rings. The molecule has 2 rings (SSSR count). The van der Waals surface area contributed by atoms with E-state index in [2.05, 4.69) is 10.0 Å². The summed E-state index contributed by atoms with van der Waals surface area (Å²) in [6.07, 6.45) is -1.33. The van der Waals surface area contributed by atoms with E-state index in [-0.39, 0.29) is 24.0 Å². The van der Waals surface area contributed by atoms with Crippen molar-refractivity contribution in [2.75, 3.05) is 25.4 Å². The number of ether oxygens (including phenoxy) is 1. The highest BCUT2D eigenvalue weighted by Gasteiger charge is 2.25. The summed E-state index contributed by atoms with van der Waals surface area (Å²) in [7, 11) is -3.65. The SMILES string of the molecule is CC(NS(=O)(=O)CCCCCN1CC(=O)NC1=O)c1ccc(F)c(OCC(F)F)c1. The number of halogens is 3. The number of benzene rings is 1. The molecule has 0 radical (unpaired) electrons. The van der Waals surface area contributed by atoms with Crippen molar-refractivity contribution in [3.8, 4) is 5.75 Å². The van der Waals surface area contributed by atoms with Gasteiger partial charge in [0.2, 0.25) is 15.9 Å². The maximum Gasteiger partial charge on any atom is 0.324 e. The molecule has 1 aromatic carbocycles. The van der Waals surface area contributed by atoms with Crippen LogP contribution in [-0.4, -0.2) is 57.1 Å². The highest BCUT2D eigenvalue weighted by molar-refractivity contribution is 7.89. The van der Waals surface area contributed by atoms with Gasteiger partial charge in [-0.2, -0.15) is 0 Å². The number of nitrogens with one attached hydrogen (secondary N) is 2. The molecule has 2 N–H and O–H groups in total. The van der Waals surface area contributed by atoms with Crippen molar-refractivity contribution < 1.29 is 35.9 Å². The molecule has 3 amide bonds. The van der Waals surface area contributed by atoms with Crippen LogP contribution in [0.2, 0.25) is 0 Å². The Kier molecular flexibility index (Phi) is 8.47. The number of imide groups is 1. The molecular formula is C18H24F3N3O5S. The lowest BCUT2D eigenvalue weighted by Crippen LogP contribution is -2.30. The topological polar surface area (TPSA) is 105 Å². The fourth-order valence-electron chi connectivity index (χ4n) is 2.88. The van der Waals surface area contributed by atoms with Gasteiger partial charge in [-0.15, -0.1) is 0 Å². The van der Waals surface area contributed by atoms with Gasteiger partial charge in [0.05, 0.1) is 5.75 Å². The molecule has 1 aliphatic heterocycles. The molecule has 1 saturated heterocycles. The first-order valence-electron chi connectivity index (χ1n) is 9.36. The van der Waals surface area contributed by atoms with Crippen molar-refractivity contribution in [3.63, 3.8) is 0 Å². The van der Waals surface area contributed by atoms with Crippen LogP contribution >= 0.6 is 0 Å². The summed E-state index contributed by atoms with van der Waals surface area (Å²) >= 11 is 0. The van der Waals surface area contributed by atoms with Crippen LogP contribution in [0.5, 0.6) is 5.75 Å². The van der Waals surface area contributed by atoms with Crippen LogP contribution in [0.15, 0.2) is 18.2 Å². The fraction of sp³-hybridized carbons (Fsp3) is 0.556. The summed E-state index contributed by atoms with van der Waals surface area (Å²) in [6.45, 7) is 0.952. The van der Waals surface area contributed by atoms with Crippen molar-refractivity contribution >= 4 is 22.0 Å². The van der Waals surface area contributed by atoms with Gasteiger partial charge in [0.1, 0.15) is 13.2 Å². The predicted octanol–water partition coefficient (Wildman–Crippen LogP) is 2.17. The van der Waals surface area contributed by atoms with Crippen LogP contribution < -0.4 is 14.8 Å². The number of hydrogen-bond donors (Lipinski definition) is 2. The average molecular weight is 451 g/mol. The quantitative estimate of drug-likeness (QED) is 0.374. The number of amides is 3. The molecule has 12 heteroatoms. The molecule has 1 aromatic rings. The Morgan fingerprint density at radius 1 is 1.23 bits per heavy atom. The van der Waals surface area contributed by atoms with Crippen LogP contribution in [0, 0.1) is 5.82 Å². The van der Waals surface area contributed by atoms with E-state index in [1.807, 2.05) is 0 Å². The number of urea groups is 1. The molecule has 0 saturated carbocycles. The largest absolute Gasteiger partial charge is 0.485 e. The molecule has 0 aliphatic carbocycles. The van der Waals surface area contributed by atoms with Gasteiger partial charge in [-0.25, -0.2) is 31.1 Å². The van der Waals surface area contributed by atoms with Gasteiger partial charge in [0, 0.05) is 12.6 Å². The summed E-state index contributed by atoms with van der Waals surface area (Å²) in [6, 6.07) is 2.40. The normalized spacial score (nSPS) is 15.6. The van der Waals surface area contributed by atoms with E-state index in [4.69, 9.17) is 4.74 Å². The Bertz CT molecular complexity index is 867. The Morgan fingerprint density at radius 3 is 2.60 bits per heavy atom. The Hall–Kier alpha value is -2.34. The molecule has 0 spiro atoms. The van der Waals surface area contributed by atoms with E-state index in [1.54, 1.807) is 6.92 Å². The second-order valence-electron chi connectivity index (χ2n) is 6.89. The van der Waals surface area contributed by atoms with Crippen LogP contribution in [-0.2, 0) is 14.8 Å². The highest BCUT2D eigenvalue weighted by atomic mass is 32.2. The molecule has 8 nitrogen and oxygen atoms in total. The maximum atomic E-state index is 13.7. The predicted molar refractivity (Wildman–Crippen MR) is 102 cm³/mol. The Labute approximate surface area is 172 Å². The van der Waals surface area contributed by atoms with Gasteiger partial charge in [-0.3, -0.25) is 10.1 Å². The summed E-state index contributed by atoms with van der Waals surface area (Å²) in [5.41, 5.74) is 0.369. The standard InChI is InChI=1S/C18H24F3N3O5S/c1-12(13-5-6-14(19)15(9-13)29-11-16(20)21)23-30(27,28)8-4-2-3-7-24-10-17(25)22-18(24)26/h5-6,9,12,16,23H,2-4,7-8,10-11H2,1H3,(H,22,25,26). The lowest BCUT2D eigenvalue weighted by Gasteiger charge is -2.16. The van der Waals surface area contributed by atoms with Crippen molar-refractivity contribution in [1.29, 1.82) is 0 Å². The highest BCUT2D eigenvalue weighted by Crippen LogP contribution is 2.24. The van der Waals surface area contributed by atoms with E-state index in [0.29, 0.717) is 31.4 Å². The van der Waals surface area contributed by atoms with E-state index < -0.39 is 40.9 Å². The minimum absolute atomic E-state index is 0.0108. The number of rotatable bonds is 12. The zero-order valence-electron chi connectivity index (χ0n) is 16.4. The summed E-state index contributed by atoms with van der Waals surface area (Å²) in [5, 5.41) is 2.16. The summed E-state index contributed by atoms with van der Waals surface area (Å²) < 4.78 is 69.9. The molecule has 1 atom stereocenters. The summed E-state index contributed by atoms with van der Waals surface area (Å²) in [4.78, 5) is 23.8. The Balaban J connectivity index is 1.79. The third-order valence-corrected chi connectivity index (χ3v) is 5.92. The third kappa shape index (κ3) is 7.48. The van der Waals surface area contributed by atoms with Gasteiger partial charge in [0.25, 0.3) is 6.43 Å². The number of sulfonamides is 1. The second-order valence-corrected chi connectivity index (χ2v) is 8.76. The van der Waals surface area contributed by atoms with Gasteiger partial charge in [-0.05, 0) is 37.5 Å². The molecule has 0 bridgehead atoms. The van der Waals surface area contributed by atoms with Crippen LogP contribution in [0.1, 0.15) is 37.8 Å². The number of alkyl halides is 2. The molecule has 1 aliphatic rings.